The van der Waals surface area contributed by atoms with Crippen LogP contribution in [0, 0.1) is 0 Å². The van der Waals surface area contributed by atoms with Crippen molar-refractivity contribution in [1.82, 2.24) is 20.9 Å². The van der Waals surface area contributed by atoms with Crippen molar-refractivity contribution in [3.8, 4) is 0 Å². The molecule has 38 heavy (non-hydrogen) atoms. The topological polar surface area (TPSA) is 209 Å². The van der Waals surface area contributed by atoms with Gasteiger partial charge >= 0.3 is 5.97 Å². The van der Waals surface area contributed by atoms with Gasteiger partial charge in [-0.25, -0.2) is 0 Å². The zero-order valence-electron chi connectivity index (χ0n) is 20.5. The second kappa shape index (κ2) is 13.0. The molecule has 3 rings (SSSR count). The van der Waals surface area contributed by atoms with Crippen molar-refractivity contribution in [2.45, 2.75) is 37.4 Å². The van der Waals surface area contributed by atoms with Gasteiger partial charge in [-0.05, 0) is 23.6 Å². The van der Waals surface area contributed by atoms with Gasteiger partial charge in [0, 0.05) is 23.5 Å². The molecule has 3 unspecified atom stereocenters. The minimum atomic E-state index is -1.44. The highest BCUT2D eigenvalue weighted by Gasteiger charge is 2.30. The molecule has 3 atom stereocenters. The van der Waals surface area contributed by atoms with E-state index in [1.54, 1.807) is 6.20 Å². The van der Waals surface area contributed by atoms with E-state index >= 15 is 0 Å². The number of carbonyl (C=O) groups excluding carboxylic acids is 4. The van der Waals surface area contributed by atoms with Gasteiger partial charge in [-0.3, -0.25) is 24.0 Å². The van der Waals surface area contributed by atoms with Crippen molar-refractivity contribution in [2.24, 2.45) is 11.5 Å². The lowest BCUT2D eigenvalue weighted by atomic mass is 10.0. The number of nitrogens with one attached hydrogen (secondary N) is 4. The fourth-order valence-corrected chi connectivity index (χ4v) is 3.94. The van der Waals surface area contributed by atoms with Gasteiger partial charge < -0.3 is 37.5 Å². The van der Waals surface area contributed by atoms with Crippen LogP contribution in [0.5, 0.6) is 0 Å². The number of H-pyrrole nitrogens is 1. The summed E-state index contributed by atoms with van der Waals surface area (Å²) in [6, 6.07) is 12.9. The summed E-state index contributed by atoms with van der Waals surface area (Å²) in [6.45, 7) is -0.714. The summed E-state index contributed by atoms with van der Waals surface area (Å²) >= 11 is 0. The number of carboxylic acids is 1. The Hall–Kier alpha value is -4.71. The van der Waals surface area contributed by atoms with Crippen LogP contribution < -0.4 is 27.4 Å². The van der Waals surface area contributed by atoms with Gasteiger partial charge in [-0.1, -0.05) is 48.5 Å². The SMILES string of the molecule is NC(=O)CC(NC(=O)C(Cc1c[nH]c2ccccc12)NC(=O)C(N)Cc1ccccc1)C(=O)NCC(=O)O. The number of para-hydroxylation sites is 1. The third-order valence-electron chi connectivity index (χ3n) is 5.82. The Morgan fingerprint density at radius 2 is 1.50 bits per heavy atom. The fourth-order valence-electron chi connectivity index (χ4n) is 3.94. The molecule has 12 nitrogen and oxygen atoms in total. The van der Waals surface area contributed by atoms with Crippen LogP contribution in [-0.4, -0.2) is 64.4 Å². The molecule has 0 bridgehead atoms. The van der Waals surface area contributed by atoms with Crippen molar-refractivity contribution in [3.63, 3.8) is 0 Å². The summed E-state index contributed by atoms with van der Waals surface area (Å²) in [6.07, 6.45) is 1.41. The number of nitrogens with two attached hydrogens (primary N) is 2. The first-order valence-electron chi connectivity index (χ1n) is 11.9. The molecule has 0 spiro atoms. The number of fused-ring (bicyclic) bond motifs is 1. The molecule has 9 N–H and O–H groups in total. The van der Waals surface area contributed by atoms with E-state index in [-0.39, 0.29) is 12.8 Å². The third kappa shape index (κ3) is 7.90. The Labute approximate surface area is 218 Å². The number of primary amides is 1. The third-order valence-corrected chi connectivity index (χ3v) is 5.82. The second-order valence-corrected chi connectivity index (χ2v) is 8.76. The first kappa shape index (κ1) is 27.9. The van der Waals surface area contributed by atoms with Gasteiger partial charge in [-0.15, -0.1) is 0 Å². The quantitative estimate of drug-likeness (QED) is 0.154. The number of hydrogen-bond acceptors (Lipinski definition) is 6. The van der Waals surface area contributed by atoms with Crippen molar-refractivity contribution < 1.29 is 29.1 Å². The van der Waals surface area contributed by atoms with Crippen LogP contribution in [0.1, 0.15) is 17.5 Å². The molecule has 0 aliphatic heterocycles. The first-order chi connectivity index (χ1) is 18.1. The number of aliphatic carboxylic acids is 1. The second-order valence-electron chi connectivity index (χ2n) is 8.76. The Bertz CT molecular complexity index is 1310. The number of carbonyl (C=O) groups is 5. The van der Waals surface area contributed by atoms with Crippen molar-refractivity contribution in [1.29, 1.82) is 0 Å². The van der Waals surface area contributed by atoms with Crippen molar-refractivity contribution in [2.75, 3.05) is 6.54 Å². The maximum Gasteiger partial charge on any atom is 0.322 e. The maximum absolute atomic E-state index is 13.3. The molecule has 3 aromatic rings. The molecule has 1 aromatic heterocycles. The maximum atomic E-state index is 13.3. The smallest absolute Gasteiger partial charge is 0.322 e. The zero-order chi connectivity index (χ0) is 27.7. The first-order valence-corrected chi connectivity index (χ1v) is 11.9. The van der Waals surface area contributed by atoms with Gasteiger partial charge in [-0.2, -0.15) is 0 Å². The predicted molar refractivity (Wildman–Crippen MR) is 138 cm³/mol. The standard InChI is InChI=1S/C26H30N6O6/c27-18(10-15-6-2-1-3-7-15)24(36)31-20(11-16-13-29-19-9-5-4-8-17(16)19)26(38)32-21(12-22(28)33)25(37)30-14-23(34)35/h1-9,13,18,20-21,29H,10-12,14,27H2,(H2,28,33)(H,30,37)(H,31,36)(H,32,38)(H,34,35). The summed E-state index contributed by atoms with van der Waals surface area (Å²) in [4.78, 5) is 64.2. The predicted octanol–water partition coefficient (Wildman–Crippen LogP) is -0.674. The Kier molecular flexibility index (Phi) is 9.54. The molecule has 0 aliphatic rings. The van der Waals surface area contributed by atoms with E-state index in [1.165, 1.54) is 0 Å². The molecule has 0 saturated carbocycles. The highest BCUT2D eigenvalue weighted by atomic mass is 16.4. The van der Waals surface area contributed by atoms with Crippen LogP contribution in [0.4, 0.5) is 0 Å². The lowest BCUT2D eigenvalue weighted by molar-refractivity contribution is -0.138. The number of benzene rings is 2. The molecule has 0 saturated heterocycles. The lowest BCUT2D eigenvalue weighted by Crippen LogP contribution is -2.57. The minimum Gasteiger partial charge on any atom is -0.480 e. The highest BCUT2D eigenvalue weighted by molar-refractivity contribution is 5.96. The number of aromatic nitrogens is 1. The Morgan fingerprint density at radius 1 is 0.842 bits per heavy atom. The number of hydrogen-bond donors (Lipinski definition) is 7. The molecule has 200 valence electrons. The highest BCUT2D eigenvalue weighted by Crippen LogP contribution is 2.19. The van der Waals surface area contributed by atoms with Crippen LogP contribution in [0.25, 0.3) is 10.9 Å². The van der Waals surface area contributed by atoms with Gasteiger partial charge in [0.05, 0.1) is 12.5 Å². The average Bonchev–Trinajstić information content (AvgIpc) is 3.29. The largest absolute Gasteiger partial charge is 0.480 e. The molecule has 0 fully saturated rings. The van der Waals surface area contributed by atoms with Gasteiger partial charge in [0.1, 0.15) is 18.6 Å². The number of carboxylic acid groups (broad SMARTS) is 1. The number of rotatable bonds is 13. The normalized spacial score (nSPS) is 13.2. The van der Waals surface area contributed by atoms with E-state index in [2.05, 4.69) is 20.9 Å². The monoisotopic (exact) mass is 522 g/mol. The summed E-state index contributed by atoms with van der Waals surface area (Å²) in [7, 11) is 0. The van der Waals surface area contributed by atoms with E-state index in [9.17, 15) is 24.0 Å². The van der Waals surface area contributed by atoms with Crippen LogP contribution >= 0.6 is 0 Å². The Morgan fingerprint density at radius 3 is 2.18 bits per heavy atom. The molecule has 4 amide bonds. The summed E-state index contributed by atoms with van der Waals surface area (Å²) in [5.41, 5.74) is 13.7. The summed E-state index contributed by atoms with van der Waals surface area (Å²) in [5, 5.41) is 16.8. The zero-order valence-corrected chi connectivity index (χ0v) is 20.5. The molecule has 1 heterocycles. The van der Waals surface area contributed by atoms with Crippen LogP contribution in [0.2, 0.25) is 0 Å². The molecular formula is C26H30N6O6. The molecule has 2 aromatic carbocycles. The summed E-state index contributed by atoms with van der Waals surface area (Å²) in [5.74, 6) is -4.46. The Balaban J connectivity index is 1.81. The lowest BCUT2D eigenvalue weighted by Gasteiger charge is -2.23. The average molecular weight is 523 g/mol. The van der Waals surface area contributed by atoms with Crippen LogP contribution in [-0.2, 0) is 36.8 Å². The minimum absolute atomic E-state index is 0.0413. The van der Waals surface area contributed by atoms with Crippen molar-refractivity contribution in [3.05, 3.63) is 71.9 Å². The van der Waals surface area contributed by atoms with E-state index in [4.69, 9.17) is 16.6 Å². The van der Waals surface area contributed by atoms with Crippen LogP contribution in [0.15, 0.2) is 60.8 Å². The summed E-state index contributed by atoms with van der Waals surface area (Å²) < 4.78 is 0. The van der Waals surface area contributed by atoms with E-state index in [0.717, 1.165) is 22.0 Å². The molecule has 0 aliphatic carbocycles. The van der Waals surface area contributed by atoms with E-state index < -0.39 is 60.7 Å². The molecule has 0 radical (unpaired) electrons. The van der Waals surface area contributed by atoms with Crippen LogP contribution in [0.3, 0.4) is 0 Å². The van der Waals surface area contributed by atoms with Gasteiger partial charge in [0.2, 0.25) is 23.6 Å². The van der Waals surface area contributed by atoms with E-state index in [1.807, 2.05) is 54.6 Å². The molecular weight excluding hydrogens is 492 g/mol. The fraction of sp³-hybridized carbons (Fsp3) is 0.269. The van der Waals surface area contributed by atoms with E-state index in [0.29, 0.717) is 0 Å². The van der Waals surface area contributed by atoms with Crippen molar-refractivity contribution >= 4 is 40.5 Å². The molecule has 12 heteroatoms. The number of amides is 4. The van der Waals surface area contributed by atoms with Gasteiger partial charge in [0.25, 0.3) is 0 Å². The van der Waals surface area contributed by atoms with Gasteiger partial charge in [0.15, 0.2) is 0 Å². The number of aromatic amines is 1.